The number of alkyl carbamates (subject to hydrolysis) is 1. The van der Waals surface area contributed by atoms with Gasteiger partial charge in [0.1, 0.15) is 11.6 Å². The van der Waals surface area contributed by atoms with Crippen molar-refractivity contribution in [2.24, 2.45) is 0 Å². The highest BCUT2D eigenvalue weighted by atomic mass is 16.6. The summed E-state index contributed by atoms with van der Waals surface area (Å²) >= 11 is 0. The molecular formula is C16H23NO4. The minimum Gasteiger partial charge on any atom is -0.480 e. The lowest BCUT2D eigenvalue weighted by atomic mass is 9.98. The van der Waals surface area contributed by atoms with Gasteiger partial charge in [0, 0.05) is 6.42 Å². The molecule has 1 amide bonds. The smallest absolute Gasteiger partial charge is 0.408 e. The van der Waals surface area contributed by atoms with E-state index in [-0.39, 0.29) is 6.42 Å². The topological polar surface area (TPSA) is 75.6 Å². The number of nitrogens with one attached hydrogen (secondary N) is 1. The first-order valence-electron chi connectivity index (χ1n) is 6.87. The van der Waals surface area contributed by atoms with Crippen LogP contribution >= 0.6 is 0 Å². The fourth-order valence-electron chi connectivity index (χ4n) is 1.90. The molecule has 0 spiro atoms. The predicted molar refractivity (Wildman–Crippen MR) is 80.4 cm³/mol. The maximum atomic E-state index is 11.7. The fourth-order valence-corrected chi connectivity index (χ4v) is 1.90. The molecule has 1 unspecified atom stereocenters. The normalized spacial score (nSPS) is 12.6. The van der Waals surface area contributed by atoms with Crippen LogP contribution in [0.4, 0.5) is 4.79 Å². The zero-order valence-electron chi connectivity index (χ0n) is 13.2. The monoisotopic (exact) mass is 293 g/mol. The summed E-state index contributed by atoms with van der Waals surface area (Å²) in [4.78, 5) is 23.0. The first-order chi connectivity index (χ1) is 9.60. The molecule has 0 aliphatic rings. The number of benzene rings is 1. The Morgan fingerprint density at radius 3 is 2.43 bits per heavy atom. The molecule has 116 valence electrons. The Labute approximate surface area is 125 Å². The largest absolute Gasteiger partial charge is 0.480 e. The van der Waals surface area contributed by atoms with Crippen molar-refractivity contribution in [3.8, 4) is 0 Å². The van der Waals surface area contributed by atoms with Crippen molar-refractivity contribution in [1.82, 2.24) is 5.32 Å². The van der Waals surface area contributed by atoms with E-state index < -0.39 is 23.7 Å². The van der Waals surface area contributed by atoms with Crippen molar-refractivity contribution in [2.45, 2.75) is 52.7 Å². The molecule has 1 aromatic carbocycles. The van der Waals surface area contributed by atoms with E-state index in [1.54, 1.807) is 20.8 Å². The molecule has 0 bridgehead atoms. The number of aryl methyl sites for hydroxylation is 1. The highest BCUT2D eigenvalue weighted by Crippen LogP contribution is 2.15. The average molecular weight is 293 g/mol. The minimum absolute atomic E-state index is 0.224. The lowest BCUT2D eigenvalue weighted by molar-refractivity contribution is -0.139. The van der Waals surface area contributed by atoms with E-state index in [1.807, 2.05) is 32.0 Å². The minimum atomic E-state index is -1.08. The number of amides is 1. The first kappa shape index (κ1) is 17.0. The number of hydrogen-bond acceptors (Lipinski definition) is 3. The van der Waals surface area contributed by atoms with Crippen LogP contribution in [-0.2, 0) is 16.0 Å². The van der Waals surface area contributed by atoms with E-state index in [0.29, 0.717) is 0 Å². The third kappa shape index (κ3) is 5.45. The van der Waals surface area contributed by atoms with Gasteiger partial charge < -0.3 is 15.2 Å². The number of aliphatic carboxylic acids is 1. The second kappa shape index (κ2) is 6.61. The lowest BCUT2D eigenvalue weighted by Crippen LogP contribution is -2.44. The standard InChI is InChI=1S/C16H23NO4/c1-10-7-6-8-12(11(10)2)9-13(14(18)19)17-15(20)21-16(3,4)5/h6-8,13H,9H2,1-5H3,(H,17,20)(H,18,19). The molecule has 1 rings (SSSR count). The second-order valence-electron chi connectivity index (χ2n) is 6.10. The Morgan fingerprint density at radius 1 is 1.29 bits per heavy atom. The molecule has 5 heteroatoms. The summed E-state index contributed by atoms with van der Waals surface area (Å²) < 4.78 is 5.10. The lowest BCUT2D eigenvalue weighted by Gasteiger charge is -2.22. The van der Waals surface area contributed by atoms with Crippen LogP contribution in [0, 0.1) is 13.8 Å². The van der Waals surface area contributed by atoms with E-state index in [1.165, 1.54) is 0 Å². The van der Waals surface area contributed by atoms with Crippen molar-refractivity contribution in [1.29, 1.82) is 0 Å². The van der Waals surface area contributed by atoms with Crippen molar-refractivity contribution >= 4 is 12.1 Å². The maximum absolute atomic E-state index is 11.7. The van der Waals surface area contributed by atoms with Gasteiger partial charge in [0.15, 0.2) is 0 Å². The van der Waals surface area contributed by atoms with Crippen molar-refractivity contribution in [3.05, 3.63) is 34.9 Å². The van der Waals surface area contributed by atoms with Gasteiger partial charge in [-0.05, 0) is 51.3 Å². The van der Waals surface area contributed by atoms with Crippen LogP contribution in [0.25, 0.3) is 0 Å². The van der Waals surface area contributed by atoms with E-state index in [9.17, 15) is 14.7 Å². The highest BCUT2D eigenvalue weighted by Gasteiger charge is 2.24. The van der Waals surface area contributed by atoms with E-state index in [2.05, 4.69) is 5.32 Å². The molecular weight excluding hydrogens is 270 g/mol. The van der Waals surface area contributed by atoms with Gasteiger partial charge in [-0.1, -0.05) is 18.2 Å². The highest BCUT2D eigenvalue weighted by molar-refractivity contribution is 5.80. The zero-order valence-corrected chi connectivity index (χ0v) is 13.2. The number of carboxylic acids is 1. The Hall–Kier alpha value is -2.04. The van der Waals surface area contributed by atoms with Gasteiger partial charge in [-0.15, -0.1) is 0 Å². The van der Waals surface area contributed by atoms with E-state index in [4.69, 9.17) is 4.74 Å². The van der Waals surface area contributed by atoms with Gasteiger partial charge in [0.25, 0.3) is 0 Å². The molecule has 0 heterocycles. The van der Waals surface area contributed by atoms with Crippen LogP contribution in [0.15, 0.2) is 18.2 Å². The van der Waals surface area contributed by atoms with Gasteiger partial charge in [-0.25, -0.2) is 9.59 Å². The summed E-state index contributed by atoms with van der Waals surface area (Å²) in [6.45, 7) is 9.10. The molecule has 0 saturated carbocycles. The number of carbonyl (C=O) groups is 2. The summed E-state index contributed by atoms with van der Waals surface area (Å²) in [7, 11) is 0. The number of carbonyl (C=O) groups excluding carboxylic acids is 1. The number of rotatable bonds is 4. The Kier molecular flexibility index (Phi) is 5.35. The quantitative estimate of drug-likeness (QED) is 0.895. The molecule has 0 radical (unpaired) electrons. The summed E-state index contributed by atoms with van der Waals surface area (Å²) in [5, 5.41) is 11.7. The van der Waals surface area contributed by atoms with Crippen molar-refractivity contribution in [3.63, 3.8) is 0 Å². The number of hydrogen-bond donors (Lipinski definition) is 2. The molecule has 0 fully saturated rings. The molecule has 21 heavy (non-hydrogen) atoms. The second-order valence-corrected chi connectivity index (χ2v) is 6.10. The van der Waals surface area contributed by atoms with Crippen LogP contribution in [0.2, 0.25) is 0 Å². The molecule has 0 aliphatic carbocycles. The summed E-state index contributed by atoms with van der Waals surface area (Å²) in [6.07, 6.45) is -0.498. The molecule has 0 aliphatic heterocycles. The molecule has 0 saturated heterocycles. The zero-order chi connectivity index (χ0) is 16.2. The van der Waals surface area contributed by atoms with E-state index in [0.717, 1.165) is 16.7 Å². The van der Waals surface area contributed by atoms with Gasteiger partial charge in [-0.3, -0.25) is 0 Å². The summed E-state index contributed by atoms with van der Waals surface area (Å²) in [6, 6.07) is 4.70. The molecule has 5 nitrogen and oxygen atoms in total. The molecule has 1 aromatic rings. The van der Waals surface area contributed by atoms with Crippen LogP contribution < -0.4 is 5.32 Å². The van der Waals surface area contributed by atoms with Crippen LogP contribution in [0.1, 0.15) is 37.5 Å². The summed E-state index contributed by atoms with van der Waals surface area (Å²) in [5.41, 5.74) is 2.37. The molecule has 0 aromatic heterocycles. The molecule has 1 atom stereocenters. The van der Waals surface area contributed by atoms with Crippen molar-refractivity contribution in [2.75, 3.05) is 0 Å². The van der Waals surface area contributed by atoms with Crippen molar-refractivity contribution < 1.29 is 19.4 Å². The van der Waals surface area contributed by atoms with Crippen LogP contribution in [0.5, 0.6) is 0 Å². The van der Waals surface area contributed by atoms with Gasteiger partial charge in [0.2, 0.25) is 0 Å². The van der Waals surface area contributed by atoms with Crippen LogP contribution in [0.3, 0.4) is 0 Å². The summed E-state index contributed by atoms with van der Waals surface area (Å²) in [5.74, 6) is -1.08. The molecule has 2 N–H and O–H groups in total. The van der Waals surface area contributed by atoms with Gasteiger partial charge >= 0.3 is 12.1 Å². The van der Waals surface area contributed by atoms with E-state index >= 15 is 0 Å². The van der Waals surface area contributed by atoms with Gasteiger partial charge in [-0.2, -0.15) is 0 Å². The fraction of sp³-hybridized carbons (Fsp3) is 0.500. The Bertz CT molecular complexity index is 532. The third-order valence-electron chi connectivity index (χ3n) is 3.13. The average Bonchev–Trinajstić information content (AvgIpc) is 2.31. The number of ether oxygens (including phenoxy) is 1. The predicted octanol–water partition coefficient (Wildman–Crippen LogP) is 2.82. The SMILES string of the molecule is Cc1cccc(CC(NC(=O)OC(C)(C)C)C(=O)O)c1C. The Balaban J connectivity index is 2.82. The maximum Gasteiger partial charge on any atom is 0.408 e. The first-order valence-corrected chi connectivity index (χ1v) is 6.87. The van der Waals surface area contributed by atoms with Gasteiger partial charge in [0.05, 0.1) is 0 Å². The van der Waals surface area contributed by atoms with Crippen LogP contribution in [-0.4, -0.2) is 28.8 Å². The Morgan fingerprint density at radius 2 is 1.90 bits per heavy atom. The third-order valence-corrected chi connectivity index (χ3v) is 3.13. The number of carboxylic acid groups (broad SMARTS) is 1.